The normalized spacial score (nSPS) is 13.9. The van der Waals surface area contributed by atoms with Gasteiger partial charge in [-0.3, -0.25) is 4.98 Å². The molecule has 0 amide bonds. The summed E-state index contributed by atoms with van der Waals surface area (Å²) in [6.45, 7) is 4.32. The van der Waals surface area contributed by atoms with Crippen molar-refractivity contribution in [2.45, 2.75) is 19.4 Å². The van der Waals surface area contributed by atoms with Crippen LogP contribution in [0.3, 0.4) is 0 Å². The molecule has 1 aromatic heterocycles. The van der Waals surface area contributed by atoms with Crippen LogP contribution in [0.2, 0.25) is 0 Å². The van der Waals surface area contributed by atoms with Gasteiger partial charge < -0.3 is 10.5 Å². The Morgan fingerprint density at radius 2 is 2.00 bits per heavy atom. The van der Waals surface area contributed by atoms with Crippen LogP contribution in [0.1, 0.15) is 25.1 Å². The van der Waals surface area contributed by atoms with Crippen molar-refractivity contribution in [2.24, 2.45) is 5.73 Å². The van der Waals surface area contributed by atoms with Gasteiger partial charge in [0, 0.05) is 5.56 Å². The van der Waals surface area contributed by atoms with Crippen LogP contribution in [-0.2, 0) is 5.54 Å². The largest absolute Gasteiger partial charge is 0.494 e. The molecule has 1 unspecified atom stereocenters. The molecule has 0 spiro atoms. The lowest BCUT2D eigenvalue weighted by atomic mass is 9.88. The number of nitrogens with two attached hydrogens (primary N) is 1. The molecule has 4 heteroatoms. The van der Waals surface area contributed by atoms with E-state index >= 15 is 0 Å². The maximum absolute atomic E-state index is 12.9. The van der Waals surface area contributed by atoms with Crippen LogP contribution in [-0.4, -0.2) is 11.6 Å². The van der Waals surface area contributed by atoms with Crippen molar-refractivity contribution in [3.8, 4) is 5.75 Å². The highest BCUT2D eigenvalue weighted by atomic mass is 19.1. The molecular weight excluding hydrogens is 243 g/mol. The fraction of sp³-hybridized carbons (Fsp3) is 0.267. The Balaban J connectivity index is 2.46. The first kappa shape index (κ1) is 13.5. The van der Waals surface area contributed by atoms with Crippen molar-refractivity contribution >= 4 is 0 Å². The van der Waals surface area contributed by atoms with Crippen LogP contribution in [0.4, 0.5) is 4.39 Å². The second-order valence-electron chi connectivity index (χ2n) is 4.49. The van der Waals surface area contributed by atoms with Crippen LogP contribution < -0.4 is 10.5 Å². The van der Waals surface area contributed by atoms with Crippen molar-refractivity contribution in [2.75, 3.05) is 6.61 Å². The highest BCUT2D eigenvalue weighted by molar-refractivity contribution is 5.43. The minimum absolute atomic E-state index is 0.377. The molecule has 2 N–H and O–H groups in total. The molecule has 0 radical (unpaired) electrons. The first-order valence-corrected chi connectivity index (χ1v) is 6.19. The Kier molecular flexibility index (Phi) is 3.81. The first-order valence-electron chi connectivity index (χ1n) is 6.19. The number of rotatable bonds is 4. The van der Waals surface area contributed by atoms with Gasteiger partial charge in [-0.25, -0.2) is 4.39 Å². The molecule has 19 heavy (non-hydrogen) atoms. The van der Waals surface area contributed by atoms with Crippen molar-refractivity contribution < 1.29 is 9.13 Å². The quantitative estimate of drug-likeness (QED) is 0.919. The number of hydrogen-bond donors (Lipinski definition) is 1. The third-order valence-corrected chi connectivity index (χ3v) is 3.01. The Hall–Kier alpha value is -1.94. The summed E-state index contributed by atoms with van der Waals surface area (Å²) in [7, 11) is 0. The Labute approximate surface area is 112 Å². The minimum atomic E-state index is -0.834. The number of halogens is 1. The SMILES string of the molecule is CCOc1ccccc1C(C)(N)c1ccc(F)cn1. The van der Waals surface area contributed by atoms with E-state index in [9.17, 15) is 4.39 Å². The zero-order valence-electron chi connectivity index (χ0n) is 11.1. The van der Waals surface area contributed by atoms with E-state index in [1.807, 2.05) is 38.1 Å². The predicted octanol–water partition coefficient (Wildman–Crippen LogP) is 2.84. The second kappa shape index (κ2) is 5.36. The molecule has 1 heterocycles. The molecule has 0 aliphatic heterocycles. The topological polar surface area (TPSA) is 48.1 Å². The molecule has 0 aliphatic carbocycles. The Morgan fingerprint density at radius 3 is 2.63 bits per heavy atom. The smallest absolute Gasteiger partial charge is 0.141 e. The van der Waals surface area contributed by atoms with Gasteiger partial charge in [0.05, 0.1) is 24.0 Å². The van der Waals surface area contributed by atoms with Gasteiger partial charge >= 0.3 is 0 Å². The summed E-state index contributed by atoms with van der Waals surface area (Å²) in [6.07, 6.45) is 1.17. The van der Waals surface area contributed by atoms with E-state index in [1.165, 1.54) is 12.3 Å². The van der Waals surface area contributed by atoms with E-state index in [0.29, 0.717) is 12.3 Å². The molecule has 0 aliphatic rings. The minimum Gasteiger partial charge on any atom is -0.494 e. The van der Waals surface area contributed by atoms with Gasteiger partial charge in [0.1, 0.15) is 11.6 Å². The predicted molar refractivity (Wildman–Crippen MR) is 72.4 cm³/mol. The molecular formula is C15H17FN2O. The number of ether oxygens (including phenoxy) is 1. The first-order chi connectivity index (χ1) is 9.05. The number of aromatic nitrogens is 1. The molecule has 100 valence electrons. The number of pyridine rings is 1. The Morgan fingerprint density at radius 1 is 1.26 bits per heavy atom. The van der Waals surface area contributed by atoms with E-state index in [1.54, 1.807) is 6.07 Å². The molecule has 2 rings (SSSR count). The standard InChI is InChI=1S/C15H17FN2O/c1-3-19-13-7-5-4-6-12(13)15(2,17)14-9-8-11(16)10-18-14/h4-10H,3,17H2,1-2H3. The second-order valence-corrected chi connectivity index (χ2v) is 4.49. The third-order valence-electron chi connectivity index (χ3n) is 3.01. The van der Waals surface area contributed by atoms with Crippen molar-refractivity contribution in [1.29, 1.82) is 0 Å². The summed E-state index contributed by atoms with van der Waals surface area (Å²) >= 11 is 0. The van der Waals surface area contributed by atoms with Crippen LogP contribution >= 0.6 is 0 Å². The van der Waals surface area contributed by atoms with Gasteiger partial charge in [0.2, 0.25) is 0 Å². The van der Waals surface area contributed by atoms with Crippen LogP contribution in [0.25, 0.3) is 0 Å². The zero-order chi connectivity index (χ0) is 13.9. The maximum atomic E-state index is 12.9. The molecule has 2 aromatic rings. The number of hydrogen-bond acceptors (Lipinski definition) is 3. The molecule has 0 saturated heterocycles. The zero-order valence-corrected chi connectivity index (χ0v) is 11.1. The van der Waals surface area contributed by atoms with E-state index in [2.05, 4.69) is 4.98 Å². The maximum Gasteiger partial charge on any atom is 0.141 e. The number of nitrogens with zero attached hydrogens (tertiary/aromatic N) is 1. The van der Waals surface area contributed by atoms with Gasteiger partial charge in [0.25, 0.3) is 0 Å². The lowest BCUT2D eigenvalue weighted by molar-refractivity contribution is 0.330. The molecule has 3 nitrogen and oxygen atoms in total. The third kappa shape index (κ3) is 2.74. The van der Waals surface area contributed by atoms with Crippen molar-refractivity contribution in [3.63, 3.8) is 0 Å². The summed E-state index contributed by atoms with van der Waals surface area (Å²) in [5, 5.41) is 0. The average Bonchev–Trinajstić information content (AvgIpc) is 2.40. The molecule has 1 aromatic carbocycles. The van der Waals surface area contributed by atoms with Crippen LogP contribution in [0.5, 0.6) is 5.75 Å². The fourth-order valence-corrected chi connectivity index (χ4v) is 2.00. The lowest BCUT2D eigenvalue weighted by Crippen LogP contribution is -2.35. The van der Waals surface area contributed by atoms with Gasteiger partial charge in [-0.2, -0.15) is 0 Å². The summed E-state index contributed by atoms with van der Waals surface area (Å²) in [6, 6.07) is 10.5. The monoisotopic (exact) mass is 260 g/mol. The molecule has 0 bridgehead atoms. The van der Waals surface area contributed by atoms with E-state index in [0.717, 1.165) is 11.3 Å². The van der Waals surface area contributed by atoms with Gasteiger partial charge in [-0.05, 0) is 32.0 Å². The highest BCUT2D eigenvalue weighted by Crippen LogP contribution is 2.32. The number of para-hydroxylation sites is 1. The van der Waals surface area contributed by atoms with Gasteiger partial charge in [0.15, 0.2) is 0 Å². The molecule has 1 atom stereocenters. The van der Waals surface area contributed by atoms with Gasteiger partial charge in [-0.15, -0.1) is 0 Å². The Bertz CT molecular complexity index is 552. The highest BCUT2D eigenvalue weighted by Gasteiger charge is 2.28. The lowest BCUT2D eigenvalue weighted by Gasteiger charge is -2.26. The van der Waals surface area contributed by atoms with Crippen molar-refractivity contribution in [3.05, 3.63) is 59.7 Å². The number of benzene rings is 1. The van der Waals surface area contributed by atoms with E-state index < -0.39 is 5.54 Å². The summed E-state index contributed by atoms with van der Waals surface area (Å²) in [4.78, 5) is 4.07. The molecule has 0 saturated carbocycles. The fourth-order valence-electron chi connectivity index (χ4n) is 2.00. The summed E-state index contributed by atoms with van der Waals surface area (Å²) in [5.41, 5.74) is 6.97. The van der Waals surface area contributed by atoms with Gasteiger partial charge in [-0.1, -0.05) is 18.2 Å². The molecule has 0 fully saturated rings. The van der Waals surface area contributed by atoms with E-state index in [4.69, 9.17) is 10.5 Å². The van der Waals surface area contributed by atoms with Crippen LogP contribution in [0, 0.1) is 5.82 Å². The summed E-state index contributed by atoms with van der Waals surface area (Å²) in [5.74, 6) is 0.346. The van der Waals surface area contributed by atoms with E-state index in [-0.39, 0.29) is 5.82 Å². The van der Waals surface area contributed by atoms with Crippen LogP contribution in [0.15, 0.2) is 42.6 Å². The summed E-state index contributed by atoms with van der Waals surface area (Å²) < 4.78 is 18.5. The van der Waals surface area contributed by atoms with Crippen molar-refractivity contribution in [1.82, 2.24) is 4.98 Å². The average molecular weight is 260 g/mol.